The van der Waals surface area contributed by atoms with Gasteiger partial charge in [0.15, 0.2) is 17.3 Å². The second-order valence-electron chi connectivity index (χ2n) is 5.93. The second kappa shape index (κ2) is 10.5. The normalized spacial score (nSPS) is 11.8. The number of hydrogen-bond acceptors (Lipinski definition) is 4. The van der Waals surface area contributed by atoms with E-state index >= 15 is 0 Å². The molecule has 4 nitrogen and oxygen atoms in total. The number of hydrogen-bond donors (Lipinski definition) is 2. The van der Waals surface area contributed by atoms with Crippen molar-refractivity contribution in [2.75, 3.05) is 13.2 Å². The molecule has 0 radical (unpaired) electrons. The SMILES string of the molecule is CCCCCCC(OCCC)(OCCC)c1cccc(O)c1O. The van der Waals surface area contributed by atoms with Crippen LogP contribution in [-0.2, 0) is 15.3 Å². The lowest BCUT2D eigenvalue weighted by Gasteiger charge is -2.35. The summed E-state index contributed by atoms with van der Waals surface area (Å²) in [6.45, 7) is 7.36. The molecular formula is C19H32O4. The highest BCUT2D eigenvalue weighted by Gasteiger charge is 2.37. The van der Waals surface area contributed by atoms with Gasteiger partial charge in [0, 0.05) is 6.42 Å². The molecule has 0 fully saturated rings. The highest BCUT2D eigenvalue weighted by Crippen LogP contribution is 2.42. The third kappa shape index (κ3) is 5.70. The second-order valence-corrected chi connectivity index (χ2v) is 5.93. The molecule has 1 aromatic carbocycles. The molecule has 0 aromatic heterocycles. The van der Waals surface area contributed by atoms with Crippen LogP contribution in [-0.4, -0.2) is 23.4 Å². The van der Waals surface area contributed by atoms with Crippen molar-refractivity contribution in [3.8, 4) is 11.5 Å². The maximum Gasteiger partial charge on any atom is 0.198 e. The molecule has 1 rings (SSSR count). The van der Waals surface area contributed by atoms with Gasteiger partial charge in [0.2, 0.25) is 0 Å². The van der Waals surface area contributed by atoms with E-state index < -0.39 is 5.79 Å². The zero-order chi connectivity index (χ0) is 17.1. The van der Waals surface area contributed by atoms with Gasteiger partial charge in [0.1, 0.15) is 0 Å². The van der Waals surface area contributed by atoms with E-state index in [0.29, 0.717) is 25.2 Å². The molecule has 0 aliphatic rings. The molecule has 0 aliphatic carbocycles. The number of aromatic hydroxyl groups is 2. The van der Waals surface area contributed by atoms with Gasteiger partial charge in [-0.3, -0.25) is 0 Å². The Kier molecular flexibility index (Phi) is 9.03. The van der Waals surface area contributed by atoms with Crippen LogP contribution in [0, 0.1) is 0 Å². The first-order chi connectivity index (χ1) is 11.1. The summed E-state index contributed by atoms with van der Waals surface area (Å²) >= 11 is 0. The summed E-state index contributed by atoms with van der Waals surface area (Å²) in [5.74, 6) is -1.27. The lowest BCUT2D eigenvalue weighted by Crippen LogP contribution is -2.34. The van der Waals surface area contributed by atoms with Gasteiger partial charge in [-0.05, 0) is 31.4 Å². The van der Waals surface area contributed by atoms with E-state index in [4.69, 9.17) is 9.47 Å². The highest BCUT2D eigenvalue weighted by molar-refractivity contribution is 5.46. The first-order valence-electron chi connectivity index (χ1n) is 8.90. The molecule has 0 aliphatic heterocycles. The predicted molar refractivity (Wildman–Crippen MR) is 92.7 cm³/mol. The Hall–Kier alpha value is -1.26. The van der Waals surface area contributed by atoms with E-state index in [1.807, 2.05) is 13.8 Å². The van der Waals surface area contributed by atoms with Crippen LogP contribution in [0.5, 0.6) is 11.5 Å². The number of benzene rings is 1. The maximum atomic E-state index is 10.3. The molecule has 0 heterocycles. The molecule has 0 bridgehead atoms. The summed E-state index contributed by atoms with van der Waals surface area (Å²) in [5, 5.41) is 20.2. The Morgan fingerprint density at radius 3 is 2.09 bits per heavy atom. The van der Waals surface area contributed by atoms with E-state index in [1.54, 1.807) is 12.1 Å². The minimum absolute atomic E-state index is 0.138. The summed E-state index contributed by atoms with van der Waals surface area (Å²) in [7, 11) is 0. The van der Waals surface area contributed by atoms with Gasteiger partial charge in [-0.15, -0.1) is 0 Å². The molecular weight excluding hydrogens is 292 g/mol. The lowest BCUT2D eigenvalue weighted by molar-refractivity contribution is -0.252. The van der Waals surface area contributed by atoms with E-state index in [9.17, 15) is 10.2 Å². The maximum absolute atomic E-state index is 10.3. The van der Waals surface area contributed by atoms with Gasteiger partial charge in [0.25, 0.3) is 0 Å². The Bertz CT molecular complexity index is 437. The van der Waals surface area contributed by atoms with Crippen molar-refractivity contribution >= 4 is 0 Å². The predicted octanol–water partition coefficient (Wildman–Crippen LogP) is 5.07. The standard InChI is InChI=1S/C19H32O4/c1-4-7-8-9-13-19(22-14-5-2,23-15-6-3)16-11-10-12-17(20)18(16)21/h10-12,20-21H,4-9,13-15H2,1-3H3. The van der Waals surface area contributed by atoms with Gasteiger partial charge in [0.05, 0.1) is 18.8 Å². The van der Waals surface area contributed by atoms with E-state index in [1.165, 1.54) is 12.5 Å². The quantitative estimate of drug-likeness (QED) is 0.320. The topological polar surface area (TPSA) is 58.9 Å². The molecule has 1 aromatic rings. The van der Waals surface area contributed by atoms with Crippen LogP contribution in [0.25, 0.3) is 0 Å². The van der Waals surface area contributed by atoms with Crippen LogP contribution in [0.3, 0.4) is 0 Å². The first kappa shape index (κ1) is 19.8. The molecule has 23 heavy (non-hydrogen) atoms. The summed E-state index contributed by atoms with van der Waals surface area (Å²) in [4.78, 5) is 0. The number of phenols is 2. The third-order valence-electron chi connectivity index (χ3n) is 3.86. The van der Waals surface area contributed by atoms with Crippen molar-refractivity contribution in [2.45, 2.75) is 71.5 Å². The fourth-order valence-electron chi connectivity index (χ4n) is 2.63. The molecule has 0 saturated carbocycles. The zero-order valence-corrected chi connectivity index (χ0v) is 14.8. The Balaban J connectivity index is 3.09. The Morgan fingerprint density at radius 2 is 1.52 bits per heavy atom. The molecule has 0 amide bonds. The average Bonchev–Trinajstić information content (AvgIpc) is 2.56. The van der Waals surface area contributed by atoms with Crippen molar-refractivity contribution in [3.05, 3.63) is 23.8 Å². The molecule has 0 spiro atoms. The molecule has 0 atom stereocenters. The van der Waals surface area contributed by atoms with Crippen LogP contribution >= 0.6 is 0 Å². The first-order valence-corrected chi connectivity index (χ1v) is 8.90. The molecule has 132 valence electrons. The molecule has 4 heteroatoms. The number of para-hydroxylation sites is 1. The van der Waals surface area contributed by atoms with Gasteiger partial charge in [-0.25, -0.2) is 0 Å². The summed E-state index contributed by atoms with van der Waals surface area (Å²) < 4.78 is 12.2. The van der Waals surface area contributed by atoms with Crippen molar-refractivity contribution in [1.82, 2.24) is 0 Å². The van der Waals surface area contributed by atoms with E-state index in [0.717, 1.165) is 32.1 Å². The van der Waals surface area contributed by atoms with Gasteiger partial charge in [-0.1, -0.05) is 46.1 Å². The van der Waals surface area contributed by atoms with Crippen LogP contribution < -0.4 is 0 Å². The lowest BCUT2D eigenvalue weighted by atomic mass is 9.97. The number of unbranched alkanes of at least 4 members (excludes halogenated alkanes) is 3. The average molecular weight is 324 g/mol. The number of rotatable bonds is 12. The number of phenolic OH excluding ortho intramolecular Hbond substituents is 2. The fourth-order valence-corrected chi connectivity index (χ4v) is 2.63. The van der Waals surface area contributed by atoms with E-state index in [-0.39, 0.29) is 11.5 Å². The zero-order valence-electron chi connectivity index (χ0n) is 14.8. The Morgan fingerprint density at radius 1 is 0.870 bits per heavy atom. The summed E-state index contributed by atoms with van der Waals surface area (Å²) in [6, 6.07) is 4.97. The molecule has 2 N–H and O–H groups in total. The fraction of sp³-hybridized carbons (Fsp3) is 0.684. The van der Waals surface area contributed by atoms with Crippen molar-refractivity contribution in [3.63, 3.8) is 0 Å². The van der Waals surface area contributed by atoms with Crippen molar-refractivity contribution in [1.29, 1.82) is 0 Å². The van der Waals surface area contributed by atoms with Crippen LogP contribution in [0.2, 0.25) is 0 Å². The Labute approximate surface area is 140 Å². The van der Waals surface area contributed by atoms with Crippen molar-refractivity contribution < 1.29 is 19.7 Å². The van der Waals surface area contributed by atoms with Crippen LogP contribution in [0.1, 0.15) is 71.3 Å². The molecule has 0 unspecified atom stereocenters. The van der Waals surface area contributed by atoms with Gasteiger partial charge >= 0.3 is 0 Å². The smallest absolute Gasteiger partial charge is 0.198 e. The van der Waals surface area contributed by atoms with Crippen molar-refractivity contribution in [2.24, 2.45) is 0 Å². The van der Waals surface area contributed by atoms with E-state index in [2.05, 4.69) is 6.92 Å². The van der Waals surface area contributed by atoms with Gasteiger partial charge < -0.3 is 19.7 Å². The summed E-state index contributed by atoms with van der Waals surface area (Å²) in [5.41, 5.74) is 0.524. The van der Waals surface area contributed by atoms with Crippen LogP contribution in [0.15, 0.2) is 18.2 Å². The largest absolute Gasteiger partial charge is 0.504 e. The monoisotopic (exact) mass is 324 g/mol. The molecule has 0 saturated heterocycles. The highest BCUT2D eigenvalue weighted by atomic mass is 16.7. The van der Waals surface area contributed by atoms with Gasteiger partial charge in [-0.2, -0.15) is 0 Å². The number of ether oxygens (including phenoxy) is 2. The summed E-state index contributed by atoms with van der Waals surface area (Å²) in [6.07, 6.45) is 6.79. The third-order valence-corrected chi connectivity index (χ3v) is 3.86. The van der Waals surface area contributed by atoms with Crippen LogP contribution in [0.4, 0.5) is 0 Å². The minimum Gasteiger partial charge on any atom is -0.504 e. The minimum atomic E-state index is -0.984.